The molecule has 0 atom stereocenters. The third kappa shape index (κ3) is 14.6. The number of para-hydroxylation sites is 12. The number of anilines is 9. The van der Waals surface area contributed by atoms with Crippen LogP contribution in [0.25, 0.3) is 194 Å². The van der Waals surface area contributed by atoms with E-state index in [0.717, 1.165) is 196 Å². The van der Waals surface area contributed by atoms with Crippen LogP contribution in [0.1, 0.15) is 0 Å². The fourth-order valence-corrected chi connectivity index (χ4v) is 20.9. The van der Waals surface area contributed by atoms with Gasteiger partial charge in [-0.3, -0.25) is 15.0 Å². The van der Waals surface area contributed by atoms with Crippen molar-refractivity contribution in [2.75, 3.05) is 50.5 Å². The fourth-order valence-electron chi connectivity index (χ4n) is 20.9. The van der Waals surface area contributed by atoms with E-state index in [0.29, 0.717) is 0 Å². The molecule has 3 aliphatic heterocycles. The molecule has 0 saturated carbocycles. The molecular weight excluding hydrogens is 2260 g/mol. The number of nitrogens with zero attached hydrogens (tertiary/aromatic N) is 15. The molecule has 0 fully saturated rings. The number of aryl methyl sites for hydroxylation is 3. The van der Waals surface area contributed by atoms with E-state index >= 15 is 0 Å². The SMILES string of the molecule is CN1[CH-]N(c2[c-]c(-n3c4[c-]c(-c5nc6c(-c7ccccc7)cccc6n5C)ccc4c4ccccc43)ccc2)c2ccccc21.CN1[CH-]N(c2[c-]c(-n3c4[c-]c(-c5nc6ccccc6n5C)cc(-c5ccccc5)c4c4c5ccccc5ccc43)ccc2)c2ccccc21.CN1[CH-]N(c2[c-]c(-n3c4[c-]c(-c5nc6ccccc6n5C)ccc4c4cc5ccccc5cc43)ccc2)c2ccccc21.[Pt].[Pt].[Pt]. The zero-order valence-corrected chi connectivity index (χ0v) is 83.6. The first-order chi connectivity index (χ1) is 67.4. The minimum Gasteiger partial charge on any atom is -0.504 e. The van der Waals surface area contributed by atoms with Gasteiger partial charge in [-0.05, 0) is 171 Å². The third-order valence-corrected chi connectivity index (χ3v) is 27.4. The van der Waals surface area contributed by atoms with Gasteiger partial charge in [0, 0.05) is 141 Å². The van der Waals surface area contributed by atoms with Crippen LogP contribution in [0.5, 0.6) is 0 Å². The molecule has 0 amide bonds. The van der Waals surface area contributed by atoms with Crippen LogP contribution in [0.2, 0.25) is 0 Å². The molecule has 18 heteroatoms. The minimum atomic E-state index is 0. The van der Waals surface area contributed by atoms with E-state index < -0.39 is 0 Å². The van der Waals surface area contributed by atoms with Crippen molar-refractivity contribution in [2.24, 2.45) is 21.1 Å². The van der Waals surface area contributed by atoms with Gasteiger partial charge in [0.1, 0.15) is 0 Å². The average molecular weight is 2350 g/mol. The second-order valence-electron chi connectivity index (χ2n) is 35.4. The summed E-state index contributed by atoms with van der Waals surface area (Å²) in [5, 5.41) is 11.9. The van der Waals surface area contributed by atoms with Crippen LogP contribution >= 0.6 is 0 Å². The van der Waals surface area contributed by atoms with E-state index in [1.54, 1.807) is 0 Å². The molecule has 0 bridgehead atoms. The molecule has 3 aliphatic rings. The molecule has 19 aromatic carbocycles. The Balaban J connectivity index is 0.000000116. The molecule has 25 aromatic rings. The van der Waals surface area contributed by atoms with Crippen LogP contribution in [-0.4, -0.2) is 63.5 Å². The number of fused-ring (bicyclic) bond motifs is 18. The van der Waals surface area contributed by atoms with Crippen molar-refractivity contribution in [3.63, 3.8) is 0 Å². The van der Waals surface area contributed by atoms with E-state index in [2.05, 4.69) is 519 Å². The largest absolute Gasteiger partial charge is 0.504 e. The topological polar surface area (TPSA) is 87.7 Å². The molecule has 15 nitrogen and oxygen atoms in total. The summed E-state index contributed by atoms with van der Waals surface area (Å²) >= 11 is 0. The standard InChI is InChI=1S/C44H30N5.C40H28N5.C38H26N5.3Pt/c1-46-28-48(39-22-11-10-21-38(39)46)32-16-12-17-33(27-32)49-40-24-23-30-15-6-7-18-34(30)42(40)43-35(29-13-4-3-5-14-29)25-31(26-41(43)49)44-45-36-19-8-9-20-37(36)47(44)2;1-42-26-44(36-20-9-8-19-35(36)42)29-14-10-15-30(25-29)45-34-18-7-6-16-32(34)33-23-22-28(24-38(33)45)40-41-39-31(27-12-4-3-5-13-27)17-11-21-37(39)43(40)2;1-40-24-42(35-17-8-7-16-34(35)40)28-12-9-13-29(23-28)43-36-22-27(38-39-32-14-5-6-15-33(32)41(38)2)18-19-30(36)31-20-25-10-3-4-11-26(25)21-37(31)43;;;/h3-25,28H,1-2H3;3-23,26H,1-2H3;3-21,24H,1-2H3;;;/q3*-3;;;. The number of imidazole rings is 3. The van der Waals surface area contributed by atoms with Crippen molar-refractivity contribution in [3.05, 3.63) is 439 Å². The Morgan fingerprint density at radius 1 is 0.229 bits per heavy atom. The van der Waals surface area contributed by atoms with Gasteiger partial charge in [-0.2, -0.15) is 38.2 Å². The van der Waals surface area contributed by atoms with Crippen LogP contribution in [-0.2, 0) is 84.3 Å². The van der Waals surface area contributed by atoms with Crippen LogP contribution < -0.4 is 29.4 Å². The van der Waals surface area contributed by atoms with Crippen molar-refractivity contribution in [3.8, 4) is 73.5 Å². The summed E-state index contributed by atoms with van der Waals surface area (Å²) in [4.78, 5) is 28.4. The first-order valence-corrected chi connectivity index (χ1v) is 46.1. The predicted molar refractivity (Wildman–Crippen MR) is 564 cm³/mol. The quantitative estimate of drug-likeness (QED) is 0.118. The minimum absolute atomic E-state index is 0. The number of hydrogen-bond donors (Lipinski definition) is 0. The summed E-state index contributed by atoms with van der Waals surface area (Å²) in [5.74, 6) is 2.66. The molecule has 28 rings (SSSR count). The van der Waals surface area contributed by atoms with Gasteiger partial charge in [0.05, 0.1) is 50.6 Å². The van der Waals surface area contributed by atoms with Crippen LogP contribution in [0, 0.1) is 56.4 Å². The molecular formula is C122H84N15Pt3-9. The molecule has 0 saturated heterocycles. The maximum atomic E-state index is 5.22. The van der Waals surface area contributed by atoms with E-state index in [1.165, 1.54) is 49.1 Å². The van der Waals surface area contributed by atoms with Crippen LogP contribution in [0.3, 0.4) is 0 Å². The maximum Gasteiger partial charge on any atom is 0.0849 e. The van der Waals surface area contributed by atoms with Gasteiger partial charge < -0.3 is 56.8 Å². The summed E-state index contributed by atoms with van der Waals surface area (Å²) < 4.78 is 13.4. The molecule has 9 heterocycles. The average Bonchev–Trinajstić information content (AvgIpc) is 1.55. The zero-order valence-electron chi connectivity index (χ0n) is 76.8. The monoisotopic (exact) mass is 2340 g/mol. The summed E-state index contributed by atoms with van der Waals surface area (Å²) in [6.45, 7) is 6.37. The first kappa shape index (κ1) is 88.4. The molecule has 0 N–H and O–H groups in total. The number of hydrogen-bond acceptors (Lipinski definition) is 9. The smallest absolute Gasteiger partial charge is 0.0849 e. The Morgan fingerprint density at radius 2 is 0.614 bits per heavy atom. The second kappa shape index (κ2) is 35.7. The van der Waals surface area contributed by atoms with Crippen molar-refractivity contribution < 1.29 is 63.2 Å². The Hall–Kier alpha value is -15.6. The molecule has 686 valence electrons. The first-order valence-electron chi connectivity index (χ1n) is 46.1. The number of aromatic nitrogens is 9. The summed E-state index contributed by atoms with van der Waals surface area (Å²) in [7, 11) is 12.5. The molecule has 0 aliphatic carbocycles. The van der Waals surface area contributed by atoms with Crippen LogP contribution in [0.15, 0.2) is 382 Å². The van der Waals surface area contributed by atoms with Gasteiger partial charge in [0.2, 0.25) is 0 Å². The summed E-state index contributed by atoms with van der Waals surface area (Å²) in [5.41, 5.74) is 32.7. The summed E-state index contributed by atoms with van der Waals surface area (Å²) in [6.07, 6.45) is 0. The number of benzene rings is 19. The normalized spacial score (nSPS) is 12.7. The maximum absolute atomic E-state index is 5.22. The third-order valence-electron chi connectivity index (χ3n) is 27.4. The van der Waals surface area contributed by atoms with E-state index in [9.17, 15) is 0 Å². The van der Waals surface area contributed by atoms with Gasteiger partial charge in [-0.25, -0.2) is 0 Å². The van der Waals surface area contributed by atoms with Gasteiger partial charge in [0.15, 0.2) is 0 Å². The van der Waals surface area contributed by atoms with E-state index in [4.69, 9.17) is 15.0 Å². The van der Waals surface area contributed by atoms with E-state index in [-0.39, 0.29) is 63.2 Å². The molecule has 0 unspecified atom stereocenters. The zero-order chi connectivity index (χ0) is 91.4. The molecule has 140 heavy (non-hydrogen) atoms. The van der Waals surface area contributed by atoms with E-state index in [1.807, 2.05) is 18.2 Å². The Bertz CT molecular complexity index is 9200. The Morgan fingerprint density at radius 3 is 1.14 bits per heavy atom. The number of rotatable bonds is 11. The molecule has 6 aromatic heterocycles. The molecule has 0 radical (unpaired) electrons. The molecule has 0 spiro atoms. The van der Waals surface area contributed by atoms with Gasteiger partial charge in [-0.15, -0.1) is 137 Å². The Kier molecular flexibility index (Phi) is 22.6. The van der Waals surface area contributed by atoms with Crippen molar-refractivity contribution in [1.29, 1.82) is 0 Å². The van der Waals surface area contributed by atoms with Gasteiger partial charge in [0.25, 0.3) is 0 Å². The Labute approximate surface area is 853 Å². The van der Waals surface area contributed by atoms with Crippen molar-refractivity contribution >= 4 is 171 Å². The van der Waals surface area contributed by atoms with Crippen molar-refractivity contribution in [2.45, 2.75) is 0 Å². The van der Waals surface area contributed by atoms with Crippen molar-refractivity contribution in [1.82, 2.24) is 42.4 Å². The predicted octanol–water partition coefficient (Wildman–Crippen LogP) is 28.6. The van der Waals surface area contributed by atoms with Gasteiger partial charge in [-0.1, -0.05) is 251 Å². The second-order valence-corrected chi connectivity index (χ2v) is 35.4. The fraction of sp³-hybridized carbons (Fsp3) is 0.0492. The van der Waals surface area contributed by atoms with Gasteiger partial charge >= 0.3 is 0 Å². The summed E-state index contributed by atoms with van der Waals surface area (Å²) in [6, 6.07) is 157. The van der Waals surface area contributed by atoms with Crippen LogP contribution in [0.4, 0.5) is 51.2 Å².